The highest BCUT2D eigenvalue weighted by atomic mass is 14.8. The number of pyridine rings is 2. The van der Waals surface area contributed by atoms with E-state index in [1.165, 1.54) is 11.1 Å². The second-order valence-electron chi connectivity index (χ2n) is 3.53. The number of rotatable bonds is 2. The average molecular weight is 198 g/mol. The van der Waals surface area contributed by atoms with Crippen LogP contribution in [-0.2, 0) is 6.42 Å². The molecule has 76 valence electrons. The van der Waals surface area contributed by atoms with Crippen molar-refractivity contribution in [2.45, 2.75) is 20.3 Å². The highest BCUT2D eigenvalue weighted by molar-refractivity contribution is 5.62. The highest BCUT2D eigenvalue weighted by Crippen LogP contribution is 2.22. The standard InChI is InChI=1S/C13H14N2/c1-3-11-7-5-9-15-13(11)12-10(2)6-4-8-14-12/h4-9H,3H2,1-2H3. The van der Waals surface area contributed by atoms with E-state index in [-0.39, 0.29) is 0 Å². The Morgan fingerprint density at radius 1 is 1.00 bits per heavy atom. The molecule has 0 aliphatic carbocycles. The first-order valence-electron chi connectivity index (χ1n) is 5.18. The van der Waals surface area contributed by atoms with Crippen LogP contribution >= 0.6 is 0 Å². The molecule has 2 aromatic rings. The van der Waals surface area contributed by atoms with Crippen molar-refractivity contribution >= 4 is 0 Å². The summed E-state index contributed by atoms with van der Waals surface area (Å²) >= 11 is 0. The van der Waals surface area contributed by atoms with Crippen LogP contribution in [0.1, 0.15) is 18.1 Å². The van der Waals surface area contributed by atoms with Gasteiger partial charge < -0.3 is 0 Å². The van der Waals surface area contributed by atoms with Gasteiger partial charge in [0.05, 0.1) is 11.4 Å². The summed E-state index contributed by atoms with van der Waals surface area (Å²) in [6.45, 7) is 4.20. The van der Waals surface area contributed by atoms with Gasteiger partial charge in [-0.1, -0.05) is 19.1 Å². The minimum absolute atomic E-state index is 0.985. The zero-order chi connectivity index (χ0) is 10.7. The molecule has 0 amide bonds. The van der Waals surface area contributed by atoms with Crippen molar-refractivity contribution in [1.82, 2.24) is 9.97 Å². The molecule has 2 aromatic heterocycles. The van der Waals surface area contributed by atoms with Gasteiger partial charge in [0.15, 0.2) is 0 Å². The van der Waals surface area contributed by atoms with Crippen LogP contribution in [0, 0.1) is 6.92 Å². The Kier molecular flexibility index (Phi) is 2.77. The third kappa shape index (κ3) is 1.89. The minimum atomic E-state index is 0.985. The van der Waals surface area contributed by atoms with Crippen molar-refractivity contribution in [2.24, 2.45) is 0 Å². The van der Waals surface area contributed by atoms with E-state index < -0.39 is 0 Å². The number of hydrogen-bond acceptors (Lipinski definition) is 2. The smallest absolute Gasteiger partial charge is 0.0920 e. The summed E-state index contributed by atoms with van der Waals surface area (Å²) in [5.74, 6) is 0. The third-order valence-corrected chi connectivity index (χ3v) is 2.51. The highest BCUT2D eigenvalue weighted by Gasteiger charge is 2.07. The molecule has 0 radical (unpaired) electrons. The Labute approximate surface area is 90.0 Å². The normalized spacial score (nSPS) is 10.3. The molecule has 0 spiro atoms. The fourth-order valence-corrected chi connectivity index (χ4v) is 1.67. The van der Waals surface area contributed by atoms with Gasteiger partial charge in [-0.2, -0.15) is 0 Å². The van der Waals surface area contributed by atoms with E-state index in [9.17, 15) is 0 Å². The molecule has 15 heavy (non-hydrogen) atoms. The number of hydrogen-bond donors (Lipinski definition) is 0. The first-order valence-corrected chi connectivity index (χ1v) is 5.18. The lowest BCUT2D eigenvalue weighted by atomic mass is 10.1. The maximum atomic E-state index is 4.42. The van der Waals surface area contributed by atoms with Gasteiger partial charge in [-0.25, -0.2) is 0 Å². The monoisotopic (exact) mass is 198 g/mol. The molecule has 0 atom stereocenters. The predicted octanol–water partition coefficient (Wildman–Crippen LogP) is 3.01. The van der Waals surface area contributed by atoms with E-state index in [1.807, 2.05) is 24.5 Å². The van der Waals surface area contributed by atoms with Crippen molar-refractivity contribution in [3.05, 3.63) is 47.8 Å². The molecule has 0 bridgehead atoms. The van der Waals surface area contributed by atoms with E-state index in [0.717, 1.165) is 17.8 Å². The van der Waals surface area contributed by atoms with Gasteiger partial charge in [0.25, 0.3) is 0 Å². The molecule has 2 heterocycles. The molecule has 0 aliphatic rings. The largest absolute Gasteiger partial charge is 0.254 e. The third-order valence-electron chi connectivity index (χ3n) is 2.51. The molecule has 0 aromatic carbocycles. The van der Waals surface area contributed by atoms with Crippen molar-refractivity contribution in [3.8, 4) is 11.4 Å². The molecule has 0 fully saturated rings. The van der Waals surface area contributed by atoms with Gasteiger partial charge >= 0.3 is 0 Å². The van der Waals surface area contributed by atoms with E-state index in [1.54, 1.807) is 0 Å². The summed E-state index contributed by atoms with van der Waals surface area (Å²) in [6.07, 6.45) is 4.62. The molecule has 0 unspecified atom stereocenters. The molecule has 2 heteroatoms. The predicted molar refractivity (Wildman–Crippen MR) is 61.6 cm³/mol. The van der Waals surface area contributed by atoms with Crippen LogP contribution in [0.3, 0.4) is 0 Å². The average Bonchev–Trinajstić information content (AvgIpc) is 2.30. The second kappa shape index (κ2) is 4.22. The van der Waals surface area contributed by atoms with Gasteiger partial charge in [0, 0.05) is 12.4 Å². The zero-order valence-electron chi connectivity index (χ0n) is 9.07. The van der Waals surface area contributed by atoms with Crippen molar-refractivity contribution in [2.75, 3.05) is 0 Å². The second-order valence-corrected chi connectivity index (χ2v) is 3.53. The van der Waals surface area contributed by atoms with Gasteiger partial charge in [0.2, 0.25) is 0 Å². The van der Waals surface area contributed by atoms with Crippen LogP contribution in [0.4, 0.5) is 0 Å². The summed E-state index contributed by atoms with van der Waals surface area (Å²) in [5, 5.41) is 0. The fourth-order valence-electron chi connectivity index (χ4n) is 1.67. The fraction of sp³-hybridized carbons (Fsp3) is 0.231. The molecule has 0 saturated heterocycles. The number of aromatic nitrogens is 2. The van der Waals surface area contributed by atoms with Gasteiger partial charge in [-0.15, -0.1) is 0 Å². The van der Waals surface area contributed by atoms with Crippen molar-refractivity contribution in [3.63, 3.8) is 0 Å². The Morgan fingerprint density at radius 3 is 2.33 bits per heavy atom. The maximum Gasteiger partial charge on any atom is 0.0920 e. The molecule has 0 N–H and O–H groups in total. The molecular weight excluding hydrogens is 184 g/mol. The van der Waals surface area contributed by atoms with Crippen molar-refractivity contribution in [1.29, 1.82) is 0 Å². The molecule has 0 saturated carbocycles. The summed E-state index contributed by atoms with van der Waals surface area (Å²) in [7, 11) is 0. The van der Waals surface area contributed by atoms with Crippen molar-refractivity contribution < 1.29 is 0 Å². The van der Waals surface area contributed by atoms with E-state index in [0.29, 0.717) is 0 Å². The van der Waals surface area contributed by atoms with E-state index in [2.05, 4.69) is 35.9 Å². The minimum Gasteiger partial charge on any atom is -0.254 e. The summed E-state index contributed by atoms with van der Waals surface area (Å²) in [6, 6.07) is 8.10. The van der Waals surface area contributed by atoms with E-state index in [4.69, 9.17) is 0 Å². The Bertz CT molecular complexity index is 464. The SMILES string of the molecule is CCc1cccnc1-c1ncccc1C. The Morgan fingerprint density at radius 2 is 1.67 bits per heavy atom. The first-order chi connectivity index (χ1) is 7.33. The van der Waals surface area contributed by atoms with E-state index >= 15 is 0 Å². The number of aryl methyl sites for hydroxylation is 2. The van der Waals surface area contributed by atoms with Crippen LogP contribution in [0.15, 0.2) is 36.7 Å². The lowest BCUT2D eigenvalue weighted by Gasteiger charge is -2.07. The van der Waals surface area contributed by atoms with Gasteiger partial charge in [-0.05, 0) is 36.6 Å². The Hall–Kier alpha value is -1.70. The molecule has 2 nitrogen and oxygen atoms in total. The Balaban J connectivity index is 2.59. The molecule has 2 rings (SSSR count). The van der Waals surface area contributed by atoms with Crippen LogP contribution < -0.4 is 0 Å². The van der Waals surface area contributed by atoms with Crippen LogP contribution in [0.5, 0.6) is 0 Å². The summed E-state index contributed by atoms with van der Waals surface area (Å²) in [5.41, 5.74) is 4.43. The number of nitrogens with zero attached hydrogens (tertiary/aromatic N) is 2. The molecule has 0 aliphatic heterocycles. The summed E-state index contributed by atoms with van der Waals surface area (Å²) < 4.78 is 0. The maximum absolute atomic E-state index is 4.42. The summed E-state index contributed by atoms with van der Waals surface area (Å²) in [4.78, 5) is 8.81. The topological polar surface area (TPSA) is 25.8 Å². The zero-order valence-corrected chi connectivity index (χ0v) is 9.07. The first kappa shape index (κ1) is 9.84. The van der Waals surface area contributed by atoms with Crippen LogP contribution in [0.2, 0.25) is 0 Å². The quantitative estimate of drug-likeness (QED) is 0.741. The van der Waals surface area contributed by atoms with Crippen LogP contribution in [-0.4, -0.2) is 9.97 Å². The van der Waals surface area contributed by atoms with Crippen LogP contribution in [0.25, 0.3) is 11.4 Å². The van der Waals surface area contributed by atoms with Gasteiger partial charge in [0.1, 0.15) is 0 Å². The van der Waals surface area contributed by atoms with Gasteiger partial charge in [-0.3, -0.25) is 9.97 Å². The lowest BCUT2D eigenvalue weighted by molar-refractivity contribution is 1.09. The molecular formula is C13H14N2. The lowest BCUT2D eigenvalue weighted by Crippen LogP contribution is -1.95.